The molecule has 0 amide bonds. The van der Waals surface area contributed by atoms with Crippen LogP contribution in [-0.4, -0.2) is 32.2 Å². The van der Waals surface area contributed by atoms with E-state index in [2.05, 4.69) is 46.0 Å². The van der Waals surface area contributed by atoms with E-state index in [1.165, 1.54) is 0 Å². The largest absolute Gasteiger partial charge is 0.411 e. The molecule has 0 heterocycles. The van der Waals surface area contributed by atoms with Crippen LogP contribution < -0.4 is 0 Å². The van der Waals surface area contributed by atoms with Gasteiger partial charge in [0, 0.05) is 6.61 Å². The predicted octanol–water partition coefficient (Wildman–Crippen LogP) is 4.36. The van der Waals surface area contributed by atoms with Crippen LogP contribution in [-0.2, 0) is 15.8 Å². The summed E-state index contributed by atoms with van der Waals surface area (Å²) in [7, 11) is -1.87. The minimum Gasteiger partial charge on any atom is -0.411 e. The molecule has 2 atom stereocenters. The maximum Gasteiger partial charge on any atom is 0.192 e. The molecular formula is C18H32O3Si. The summed E-state index contributed by atoms with van der Waals surface area (Å²) < 4.78 is 12.4. The zero-order valence-corrected chi connectivity index (χ0v) is 15.9. The van der Waals surface area contributed by atoms with Gasteiger partial charge in [0.2, 0.25) is 0 Å². The summed E-state index contributed by atoms with van der Waals surface area (Å²) in [6, 6.07) is 10.1. The van der Waals surface area contributed by atoms with E-state index in [1.807, 2.05) is 25.1 Å². The summed E-state index contributed by atoms with van der Waals surface area (Å²) in [5.41, 5.74) is 1.16. The van der Waals surface area contributed by atoms with Crippen LogP contribution in [0, 0.1) is 0 Å². The Hall–Kier alpha value is -0.683. The van der Waals surface area contributed by atoms with E-state index in [4.69, 9.17) is 9.16 Å². The van der Waals surface area contributed by atoms with Crippen LogP contribution >= 0.6 is 0 Å². The first-order valence-corrected chi connectivity index (χ1v) is 11.0. The molecule has 0 aliphatic rings. The first-order chi connectivity index (χ1) is 10.2. The summed E-state index contributed by atoms with van der Waals surface area (Å²) in [5.74, 6) is 0. The highest BCUT2D eigenvalue weighted by molar-refractivity contribution is 6.74. The Morgan fingerprint density at radius 3 is 2.23 bits per heavy atom. The van der Waals surface area contributed by atoms with Crippen molar-refractivity contribution in [2.75, 3.05) is 6.61 Å². The minimum absolute atomic E-state index is 0.0403. The van der Waals surface area contributed by atoms with Crippen LogP contribution in [0.25, 0.3) is 0 Å². The molecule has 1 aromatic rings. The van der Waals surface area contributed by atoms with Crippen LogP contribution in [0.1, 0.15) is 39.7 Å². The highest BCUT2D eigenvalue weighted by atomic mass is 28.4. The summed E-state index contributed by atoms with van der Waals surface area (Å²) in [4.78, 5) is 0. The minimum atomic E-state index is -1.87. The summed E-state index contributed by atoms with van der Waals surface area (Å²) in [5, 5.41) is 9.50. The fourth-order valence-corrected chi connectivity index (χ4v) is 3.40. The molecule has 22 heavy (non-hydrogen) atoms. The number of ether oxygens (including phenoxy) is 1. The van der Waals surface area contributed by atoms with Crippen molar-refractivity contribution < 1.29 is 14.3 Å². The van der Waals surface area contributed by atoms with Gasteiger partial charge >= 0.3 is 0 Å². The van der Waals surface area contributed by atoms with Crippen molar-refractivity contribution in [2.45, 2.75) is 71.1 Å². The monoisotopic (exact) mass is 324 g/mol. The first-order valence-electron chi connectivity index (χ1n) is 8.11. The Kier molecular flexibility index (Phi) is 7.26. The SMILES string of the molecule is C[C@H](OCc1ccccc1)[C@H](CCO)O[Si](C)(C)C(C)(C)C. The van der Waals surface area contributed by atoms with E-state index < -0.39 is 8.32 Å². The van der Waals surface area contributed by atoms with E-state index in [-0.39, 0.29) is 23.9 Å². The van der Waals surface area contributed by atoms with Gasteiger partial charge in [-0.2, -0.15) is 0 Å². The molecule has 0 bridgehead atoms. The van der Waals surface area contributed by atoms with Crippen molar-refractivity contribution in [1.82, 2.24) is 0 Å². The lowest BCUT2D eigenvalue weighted by Gasteiger charge is -2.40. The van der Waals surface area contributed by atoms with Crippen molar-refractivity contribution >= 4 is 8.32 Å². The molecule has 0 aliphatic heterocycles. The van der Waals surface area contributed by atoms with Gasteiger partial charge in [0.15, 0.2) is 8.32 Å². The van der Waals surface area contributed by atoms with Gasteiger partial charge < -0.3 is 14.3 Å². The number of hydrogen-bond donors (Lipinski definition) is 1. The lowest BCUT2D eigenvalue weighted by atomic mass is 10.1. The Morgan fingerprint density at radius 2 is 1.73 bits per heavy atom. The van der Waals surface area contributed by atoms with E-state index >= 15 is 0 Å². The number of benzene rings is 1. The van der Waals surface area contributed by atoms with Crippen LogP contribution in [0.2, 0.25) is 18.1 Å². The highest BCUT2D eigenvalue weighted by Crippen LogP contribution is 2.38. The Morgan fingerprint density at radius 1 is 1.14 bits per heavy atom. The van der Waals surface area contributed by atoms with Gasteiger partial charge in [-0.25, -0.2) is 0 Å². The number of hydrogen-bond acceptors (Lipinski definition) is 3. The Bertz CT molecular complexity index is 426. The lowest BCUT2D eigenvalue weighted by Crippen LogP contribution is -2.47. The Balaban J connectivity index is 2.65. The molecule has 0 saturated carbocycles. The predicted molar refractivity (Wildman–Crippen MR) is 94.5 cm³/mol. The molecule has 1 rings (SSSR count). The molecule has 0 saturated heterocycles. The van der Waals surface area contributed by atoms with Gasteiger partial charge in [0.1, 0.15) is 0 Å². The molecule has 0 radical (unpaired) electrons. The third-order valence-corrected chi connectivity index (χ3v) is 9.05. The van der Waals surface area contributed by atoms with E-state index in [9.17, 15) is 5.11 Å². The summed E-state index contributed by atoms with van der Waals surface area (Å²) in [6.45, 7) is 13.9. The first kappa shape index (κ1) is 19.4. The zero-order valence-electron chi connectivity index (χ0n) is 14.9. The fourth-order valence-electron chi connectivity index (χ4n) is 1.98. The average Bonchev–Trinajstić information content (AvgIpc) is 2.44. The molecule has 126 valence electrons. The topological polar surface area (TPSA) is 38.7 Å². The maximum absolute atomic E-state index is 9.35. The molecule has 1 aromatic carbocycles. The maximum atomic E-state index is 9.35. The summed E-state index contributed by atoms with van der Waals surface area (Å²) in [6.07, 6.45) is 0.513. The number of rotatable bonds is 8. The van der Waals surface area contributed by atoms with Gasteiger partial charge in [-0.05, 0) is 37.0 Å². The highest BCUT2D eigenvalue weighted by Gasteiger charge is 2.40. The van der Waals surface area contributed by atoms with E-state index in [0.29, 0.717) is 13.0 Å². The van der Waals surface area contributed by atoms with Crippen LogP contribution in [0.4, 0.5) is 0 Å². The van der Waals surface area contributed by atoms with Crippen LogP contribution in [0.3, 0.4) is 0 Å². The standard InChI is InChI=1S/C18H32O3Si/c1-15(20-14-16-10-8-7-9-11-16)17(12-13-19)21-22(5,6)18(2,3)4/h7-11,15,17,19H,12-14H2,1-6H3/t15-,17-/m0/s1. The van der Waals surface area contributed by atoms with Crippen molar-refractivity contribution in [3.8, 4) is 0 Å². The molecule has 0 unspecified atom stereocenters. The van der Waals surface area contributed by atoms with Gasteiger partial charge in [-0.15, -0.1) is 0 Å². The van der Waals surface area contributed by atoms with Crippen LogP contribution in [0.15, 0.2) is 30.3 Å². The molecule has 0 aromatic heterocycles. The van der Waals surface area contributed by atoms with E-state index in [1.54, 1.807) is 0 Å². The third kappa shape index (κ3) is 5.84. The van der Waals surface area contributed by atoms with E-state index in [0.717, 1.165) is 5.56 Å². The summed E-state index contributed by atoms with van der Waals surface area (Å²) >= 11 is 0. The normalized spacial score (nSPS) is 15.6. The zero-order chi connectivity index (χ0) is 16.8. The fraction of sp³-hybridized carbons (Fsp3) is 0.667. The van der Waals surface area contributed by atoms with Gasteiger partial charge in [-0.3, -0.25) is 0 Å². The molecule has 1 N–H and O–H groups in total. The molecule has 0 spiro atoms. The van der Waals surface area contributed by atoms with Crippen molar-refractivity contribution in [1.29, 1.82) is 0 Å². The van der Waals surface area contributed by atoms with Gasteiger partial charge in [0.05, 0.1) is 18.8 Å². The second-order valence-corrected chi connectivity index (χ2v) is 12.2. The van der Waals surface area contributed by atoms with Crippen LogP contribution in [0.5, 0.6) is 0 Å². The molecular weight excluding hydrogens is 292 g/mol. The van der Waals surface area contributed by atoms with Gasteiger partial charge in [0.25, 0.3) is 0 Å². The average molecular weight is 325 g/mol. The Labute approximate surface area is 136 Å². The number of aliphatic hydroxyl groups is 1. The van der Waals surface area contributed by atoms with Crippen molar-refractivity contribution in [3.63, 3.8) is 0 Å². The molecule has 4 heteroatoms. The van der Waals surface area contributed by atoms with Crippen molar-refractivity contribution in [2.24, 2.45) is 0 Å². The smallest absolute Gasteiger partial charge is 0.192 e. The molecule has 0 aliphatic carbocycles. The second-order valence-electron chi connectivity index (χ2n) is 7.43. The number of aliphatic hydroxyl groups excluding tert-OH is 1. The molecule has 3 nitrogen and oxygen atoms in total. The lowest BCUT2D eigenvalue weighted by molar-refractivity contribution is -0.0369. The quantitative estimate of drug-likeness (QED) is 0.722. The van der Waals surface area contributed by atoms with Gasteiger partial charge in [-0.1, -0.05) is 51.1 Å². The third-order valence-electron chi connectivity index (χ3n) is 4.55. The second kappa shape index (κ2) is 8.25. The molecule has 0 fully saturated rings. The van der Waals surface area contributed by atoms with Crippen molar-refractivity contribution in [3.05, 3.63) is 35.9 Å².